The normalized spacial score (nSPS) is 13.5. The van der Waals surface area contributed by atoms with Crippen molar-refractivity contribution in [2.75, 3.05) is 18.4 Å². The Hall–Kier alpha value is -2.43. The van der Waals surface area contributed by atoms with Crippen LogP contribution in [0.1, 0.15) is 33.0 Å². The molecule has 0 saturated heterocycles. The van der Waals surface area contributed by atoms with Crippen molar-refractivity contribution in [3.05, 3.63) is 52.5 Å². The molecule has 0 spiro atoms. The highest BCUT2D eigenvalue weighted by atomic mass is 16.1. The maximum atomic E-state index is 11.9. The summed E-state index contributed by atoms with van der Waals surface area (Å²) in [5, 5.41) is 6.19. The highest BCUT2D eigenvalue weighted by molar-refractivity contribution is 5.95. The van der Waals surface area contributed by atoms with Gasteiger partial charge < -0.3 is 10.6 Å². The highest BCUT2D eigenvalue weighted by Crippen LogP contribution is 2.20. The summed E-state index contributed by atoms with van der Waals surface area (Å²) in [6.07, 6.45) is 1.69. The molecule has 2 N–H and O–H groups in total. The van der Waals surface area contributed by atoms with E-state index in [1.807, 2.05) is 6.92 Å². The lowest BCUT2D eigenvalue weighted by atomic mass is 10.1. The number of rotatable bonds is 4. The van der Waals surface area contributed by atoms with Gasteiger partial charge in [0.05, 0.1) is 0 Å². The minimum absolute atomic E-state index is 0.103. The molecule has 5 heteroatoms. The van der Waals surface area contributed by atoms with Crippen LogP contribution in [-0.2, 0) is 12.8 Å². The van der Waals surface area contributed by atoms with Gasteiger partial charge in [-0.1, -0.05) is 29.8 Å². The van der Waals surface area contributed by atoms with Crippen molar-refractivity contribution in [3.8, 4) is 0 Å². The van der Waals surface area contributed by atoms with Gasteiger partial charge in [-0.25, -0.2) is 9.97 Å². The van der Waals surface area contributed by atoms with Gasteiger partial charge in [0.1, 0.15) is 17.3 Å². The Morgan fingerprint density at radius 2 is 2.14 bits per heavy atom. The quantitative estimate of drug-likeness (QED) is 0.906. The van der Waals surface area contributed by atoms with Crippen molar-refractivity contribution in [2.45, 2.75) is 26.7 Å². The molecule has 0 aliphatic carbocycles. The molecule has 0 unspecified atom stereocenters. The van der Waals surface area contributed by atoms with E-state index in [4.69, 9.17) is 0 Å². The number of aromatic nitrogens is 2. The SMILES string of the molecule is Cc1cccc(CCNc2nc(C)nc3c2CCNC3=O)c1. The number of hydrogen-bond acceptors (Lipinski definition) is 4. The monoisotopic (exact) mass is 296 g/mol. The molecule has 22 heavy (non-hydrogen) atoms. The van der Waals surface area contributed by atoms with Crippen LogP contribution in [0.4, 0.5) is 5.82 Å². The molecule has 114 valence electrons. The maximum absolute atomic E-state index is 11.9. The van der Waals surface area contributed by atoms with Crippen LogP contribution in [0.25, 0.3) is 0 Å². The van der Waals surface area contributed by atoms with Crippen molar-refractivity contribution < 1.29 is 4.79 Å². The van der Waals surface area contributed by atoms with Gasteiger partial charge in [0.15, 0.2) is 0 Å². The molecular formula is C17H20N4O. The fourth-order valence-electron chi connectivity index (χ4n) is 2.74. The maximum Gasteiger partial charge on any atom is 0.270 e. The van der Waals surface area contributed by atoms with Crippen LogP contribution in [0.15, 0.2) is 24.3 Å². The molecule has 1 aliphatic rings. The third-order valence-electron chi connectivity index (χ3n) is 3.78. The van der Waals surface area contributed by atoms with E-state index in [2.05, 4.69) is 51.8 Å². The predicted octanol–water partition coefficient (Wildman–Crippen LogP) is 2.03. The van der Waals surface area contributed by atoms with Gasteiger partial charge in [-0.05, 0) is 32.3 Å². The Bertz CT molecular complexity index is 712. The second-order valence-corrected chi connectivity index (χ2v) is 5.62. The van der Waals surface area contributed by atoms with Crippen molar-refractivity contribution in [3.63, 3.8) is 0 Å². The first-order valence-corrected chi connectivity index (χ1v) is 7.58. The average molecular weight is 296 g/mol. The Kier molecular flexibility index (Phi) is 4.04. The number of fused-ring (bicyclic) bond motifs is 1. The first kappa shape index (κ1) is 14.5. The zero-order chi connectivity index (χ0) is 15.5. The topological polar surface area (TPSA) is 66.9 Å². The lowest BCUT2D eigenvalue weighted by Gasteiger charge is -2.19. The van der Waals surface area contributed by atoms with Crippen LogP contribution in [-0.4, -0.2) is 29.0 Å². The summed E-state index contributed by atoms with van der Waals surface area (Å²) in [5.74, 6) is 1.31. The molecule has 1 aromatic carbocycles. The fraction of sp³-hybridized carbons (Fsp3) is 0.353. The van der Waals surface area contributed by atoms with Crippen molar-refractivity contribution in [2.24, 2.45) is 0 Å². The summed E-state index contributed by atoms with van der Waals surface area (Å²) in [6, 6.07) is 8.49. The van der Waals surface area contributed by atoms with Crippen LogP contribution < -0.4 is 10.6 Å². The van der Waals surface area contributed by atoms with Crippen LogP contribution in [0.2, 0.25) is 0 Å². The third-order valence-corrected chi connectivity index (χ3v) is 3.78. The van der Waals surface area contributed by atoms with Gasteiger partial charge in [0, 0.05) is 18.7 Å². The molecule has 1 aliphatic heterocycles. The number of anilines is 1. The van der Waals surface area contributed by atoms with E-state index < -0.39 is 0 Å². The number of benzene rings is 1. The second kappa shape index (κ2) is 6.13. The molecule has 0 atom stereocenters. The summed E-state index contributed by atoms with van der Waals surface area (Å²) >= 11 is 0. The Labute approximate surface area is 130 Å². The number of aryl methyl sites for hydroxylation is 2. The zero-order valence-electron chi connectivity index (χ0n) is 12.9. The standard InChI is InChI=1S/C17H20N4O/c1-11-4-3-5-13(10-11)6-8-18-16-14-7-9-19-17(22)15(14)20-12(2)21-16/h3-5,10H,6-9H2,1-2H3,(H,19,22)(H,18,20,21). The van der Waals surface area contributed by atoms with Crippen LogP contribution in [0.3, 0.4) is 0 Å². The molecular weight excluding hydrogens is 276 g/mol. The van der Waals surface area contributed by atoms with E-state index in [-0.39, 0.29) is 5.91 Å². The Morgan fingerprint density at radius 1 is 1.27 bits per heavy atom. The van der Waals surface area contributed by atoms with Crippen LogP contribution in [0, 0.1) is 13.8 Å². The molecule has 5 nitrogen and oxygen atoms in total. The molecule has 1 aromatic heterocycles. The van der Waals surface area contributed by atoms with Crippen molar-refractivity contribution in [1.82, 2.24) is 15.3 Å². The smallest absolute Gasteiger partial charge is 0.270 e. The molecule has 0 bridgehead atoms. The lowest BCUT2D eigenvalue weighted by molar-refractivity contribution is 0.0940. The van der Waals surface area contributed by atoms with Gasteiger partial charge in [-0.2, -0.15) is 0 Å². The van der Waals surface area contributed by atoms with Crippen molar-refractivity contribution >= 4 is 11.7 Å². The summed E-state index contributed by atoms with van der Waals surface area (Å²) in [6.45, 7) is 5.34. The lowest BCUT2D eigenvalue weighted by Crippen LogP contribution is -2.34. The van der Waals surface area contributed by atoms with E-state index in [1.54, 1.807) is 0 Å². The first-order valence-electron chi connectivity index (χ1n) is 7.58. The number of nitrogens with one attached hydrogen (secondary N) is 2. The molecule has 0 radical (unpaired) electrons. The van der Waals surface area contributed by atoms with Gasteiger partial charge in [-0.3, -0.25) is 4.79 Å². The van der Waals surface area contributed by atoms with Crippen molar-refractivity contribution in [1.29, 1.82) is 0 Å². The number of carbonyl (C=O) groups is 1. The molecule has 1 amide bonds. The molecule has 2 aromatic rings. The zero-order valence-corrected chi connectivity index (χ0v) is 12.9. The molecule has 0 fully saturated rings. The minimum atomic E-state index is -0.103. The third kappa shape index (κ3) is 3.08. The van der Waals surface area contributed by atoms with Crippen LogP contribution >= 0.6 is 0 Å². The van der Waals surface area contributed by atoms with Crippen LogP contribution in [0.5, 0.6) is 0 Å². The Balaban J connectivity index is 1.74. The number of amides is 1. The van der Waals surface area contributed by atoms with E-state index in [1.165, 1.54) is 11.1 Å². The van der Waals surface area contributed by atoms with Gasteiger partial charge in [0.25, 0.3) is 5.91 Å². The molecule has 3 rings (SSSR count). The van der Waals surface area contributed by atoms with E-state index in [0.717, 1.165) is 30.8 Å². The fourth-order valence-corrected chi connectivity index (χ4v) is 2.74. The largest absolute Gasteiger partial charge is 0.369 e. The predicted molar refractivity (Wildman–Crippen MR) is 86.2 cm³/mol. The average Bonchev–Trinajstić information content (AvgIpc) is 2.48. The van der Waals surface area contributed by atoms with Gasteiger partial charge in [0.2, 0.25) is 0 Å². The highest BCUT2D eigenvalue weighted by Gasteiger charge is 2.22. The number of nitrogens with zero attached hydrogens (tertiary/aromatic N) is 2. The summed E-state index contributed by atoms with van der Waals surface area (Å²) < 4.78 is 0. The number of carbonyl (C=O) groups excluding carboxylic acids is 1. The van der Waals surface area contributed by atoms with Gasteiger partial charge >= 0.3 is 0 Å². The molecule has 0 saturated carbocycles. The summed E-state index contributed by atoms with van der Waals surface area (Å²) in [7, 11) is 0. The summed E-state index contributed by atoms with van der Waals surface area (Å²) in [5.41, 5.74) is 4.00. The van der Waals surface area contributed by atoms with E-state index >= 15 is 0 Å². The minimum Gasteiger partial charge on any atom is -0.369 e. The summed E-state index contributed by atoms with van der Waals surface area (Å²) in [4.78, 5) is 20.6. The Morgan fingerprint density at radius 3 is 2.95 bits per heavy atom. The van der Waals surface area contributed by atoms with E-state index in [0.29, 0.717) is 18.1 Å². The molecule has 2 heterocycles. The number of hydrogen-bond donors (Lipinski definition) is 2. The first-order chi connectivity index (χ1) is 10.6. The van der Waals surface area contributed by atoms with Gasteiger partial charge in [-0.15, -0.1) is 0 Å². The second-order valence-electron chi connectivity index (χ2n) is 5.62. The van der Waals surface area contributed by atoms with E-state index in [9.17, 15) is 4.79 Å².